The van der Waals surface area contributed by atoms with Crippen LogP contribution in [0.25, 0.3) is 0 Å². The summed E-state index contributed by atoms with van der Waals surface area (Å²) in [5.74, 6) is 1.75. The van der Waals surface area contributed by atoms with Gasteiger partial charge in [0, 0.05) is 24.8 Å². The van der Waals surface area contributed by atoms with Crippen LogP contribution in [0, 0.1) is 5.92 Å². The lowest BCUT2D eigenvalue weighted by Gasteiger charge is -2.30. The predicted octanol–water partition coefficient (Wildman–Crippen LogP) is 3.05. The van der Waals surface area contributed by atoms with E-state index >= 15 is 0 Å². The van der Waals surface area contributed by atoms with Crippen LogP contribution in [0.15, 0.2) is 18.2 Å². The highest BCUT2D eigenvalue weighted by Gasteiger charge is 2.23. The van der Waals surface area contributed by atoms with Crippen LogP contribution in [0.3, 0.4) is 0 Å². The van der Waals surface area contributed by atoms with E-state index in [1.165, 1.54) is 37.8 Å². The van der Waals surface area contributed by atoms with Gasteiger partial charge in [0.2, 0.25) is 0 Å². The van der Waals surface area contributed by atoms with Crippen molar-refractivity contribution >= 4 is 11.4 Å². The highest BCUT2D eigenvalue weighted by Crippen LogP contribution is 2.35. The molecule has 2 aliphatic rings. The Kier molecular flexibility index (Phi) is 3.31. The minimum atomic E-state index is 0.778. The van der Waals surface area contributed by atoms with Gasteiger partial charge in [-0.2, -0.15) is 0 Å². The maximum absolute atomic E-state index is 5.97. The molecule has 1 aromatic carbocycles. The van der Waals surface area contributed by atoms with Crippen LogP contribution in [0.1, 0.15) is 32.1 Å². The van der Waals surface area contributed by atoms with Gasteiger partial charge in [0.05, 0.1) is 12.3 Å². The number of anilines is 2. The third kappa shape index (κ3) is 2.71. The average molecular weight is 246 g/mol. The standard InChI is InChI=1S/C15H22N2O/c16-13-6-7-14(17-8-2-1-3-9-17)15(10-13)18-11-12-4-5-12/h6-7,10,12H,1-5,8-9,11,16H2. The van der Waals surface area contributed by atoms with Crippen LogP contribution in [-0.4, -0.2) is 19.7 Å². The first-order chi connectivity index (χ1) is 8.83. The predicted molar refractivity (Wildman–Crippen MR) is 75.1 cm³/mol. The molecule has 0 bridgehead atoms. The minimum absolute atomic E-state index is 0.778. The quantitative estimate of drug-likeness (QED) is 0.830. The summed E-state index contributed by atoms with van der Waals surface area (Å²) >= 11 is 0. The van der Waals surface area contributed by atoms with Gasteiger partial charge >= 0.3 is 0 Å². The molecule has 1 saturated heterocycles. The van der Waals surface area contributed by atoms with Crippen molar-refractivity contribution in [1.29, 1.82) is 0 Å². The van der Waals surface area contributed by atoms with Crippen molar-refractivity contribution in [3.05, 3.63) is 18.2 Å². The molecule has 3 heteroatoms. The molecule has 2 N–H and O–H groups in total. The van der Waals surface area contributed by atoms with Crippen molar-refractivity contribution < 1.29 is 4.74 Å². The molecule has 18 heavy (non-hydrogen) atoms. The summed E-state index contributed by atoms with van der Waals surface area (Å²) in [6.45, 7) is 3.14. The molecular weight excluding hydrogens is 224 g/mol. The van der Waals surface area contributed by atoms with Crippen molar-refractivity contribution in [1.82, 2.24) is 0 Å². The lowest BCUT2D eigenvalue weighted by molar-refractivity contribution is 0.300. The molecule has 3 rings (SSSR count). The second kappa shape index (κ2) is 5.09. The molecule has 0 atom stereocenters. The van der Waals surface area contributed by atoms with Crippen molar-refractivity contribution in [2.24, 2.45) is 5.92 Å². The number of nitrogens with zero attached hydrogens (tertiary/aromatic N) is 1. The third-order valence-electron chi connectivity index (χ3n) is 3.85. The molecule has 0 spiro atoms. The Hall–Kier alpha value is -1.38. The Labute approximate surface area is 109 Å². The van der Waals surface area contributed by atoms with Crippen LogP contribution in [0.5, 0.6) is 5.75 Å². The number of nitrogen functional groups attached to an aromatic ring is 1. The maximum Gasteiger partial charge on any atom is 0.144 e. The third-order valence-corrected chi connectivity index (χ3v) is 3.85. The van der Waals surface area contributed by atoms with E-state index in [2.05, 4.69) is 11.0 Å². The first kappa shape index (κ1) is 11.7. The Morgan fingerprint density at radius 3 is 2.67 bits per heavy atom. The summed E-state index contributed by atoms with van der Waals surface area (Å²) in [5, 5.41) is 0. The second-order valence-corrected chi connectivity index (χ2v) is 5.53. The molecule has 1 heterocycles. The molecule has 98 valence electrons. The fourth-order valence-corrected chi connectivity index (χ4v) is 2.53. The van der Waals surface area contributed by atoms with E-state index in [1.807, 2.05) is 12.1 Å². The smallest absolute Gasteiger partial charge is 0.144 e. The largest absolute Gasteiger partial charge is 0.491 e. The highest BCUT2D eigenvalue weighted by atomic mass is 16.5. The molecule has 3 nitrogen and oxygen atoms in total. The topological polar surface area (TPSA) is 38.5 Å². The second-order valence-electron chi connectivity index (χ2n) is 5.53. The van der Waals surface area contributed by atoms with Gasteiger partial charge in [-0.1, -0.05) is 0 Å². The van der Waals surface area contributed by atoms with E-state index in [0.29, 0.717) is 0 Å². The number of piperidine rings is 1. The van der Waals surface area contributed by atoms with Crippen molar-refractivity contribution in [3.63, 3.8) is 0 Å². The van der Waals surface area contributed by atoms with Gasteiger partial charge in [0.15, 0.2) is 0 Å². The summed E-state index contributed by atoms with van der Waals surface area (Å²) in [5.41, 5.74) is 7.90. The van der Waals surface area contributed by atoms with Gasteiger partial charge in [-0.25, -0.2) is 0 Å². The van der Waals surface area contributed by atoms with E-state index in [1.54, 1.807) is 0 Å². The minimum Gasteiger partial charge on any atom is -0.491 e. The van der Waals surface area contributed by atoms with Crippen molar-refractivity contribution in [3.8, 4) is 5.75 Å². The molecule has 0 radical (unpaired) electrons. The fourth-order valence-electron chi connectivity index (χ4n) is 2.53. The van der Waals surface area contributed by atoms with Gasteiger partial charge in [0.1, 0.15) is 5.75 Å². The van der Waals surface area contributed by atoms with Crippen LogP contribution >= 0.6 is 0 Å². The van der Waals surface area contributed by atoms with E-state index in [0.717, 1.165) is 37.1 Å². The number of benzene rings is 1. The lowest BCUT2D eigenvalue weighted by atomic mass is 10.1. The zero-order chi connectivity index (χ0) is 12.4. The van der Waals surface area contributed by atoms with E-state index in [4.69, 9.17) is 10.5 Å². The molecule has 1 aliphatic heterocycles. The number of rotatable bonds is 4. The van der Waals surface area contributed by atoms with Crippen LogP contribution in [0.4, 0.5) is 11.4 Å². The van der Waals surface area contributed by atoms with Crippen LogP contribution in [-0.2, 0) is 0 Å². The van der Waals surface area contributed by atoms with Gasteiger partial charge in [-0.05, 0) is 50.2 Å². The summed E-state index contributed by atoms with van der Waals surface area (Å²) in [4.78, 5) is 2.44. The zero-order valence-electron chi connectivity index (χ0n) is 10.9. The number of hydrogen-bond donors (Lipinski definition) is 1. The zero-order valence-corrected chi connectivity index (χ0v) is 10.9. The summed E-state index contributed by atoms with van der Waals surface area (Å²) in [7, 11) is 0. The molecule has 1 aliphatic carbocycles. The van der Waals surface area contributed by atoms with E-state index < -0.39 is 0 Å². The van der Waals surface area contributed by atoms with Crippen molar-refractivity contribution in [2.45, 2.75) is 32.1 Å². The lowest BCUT2D eigenvalue weighted by Crippen LogP contribution is -2.29. The molecule has 2 fully saturated rings. The first-order valence-electron chi connectivity index (χ1n) is 7.10. The first-order valence-corrected chi connectivity index (χ1v) is 7.10. The molecule has 0 amide bonds. The summed E-state index contributed by atoms with van der Waals surface area (Å²) in [6.07, 6.45) is 6.56. The number of nitrogens with two attached hydrogens (primary N) is 1. The Morgan fingerprint density at radius 2 is 1.94 bits per heavy atom. The van der Waals surface area contributed by atoms with E-state index in [-0.39, 0.29) is 0 Å². The average Bonchev–Trinajstić information content (AvgIpc) is 3.21. The number of ether oxygens (including phenoxy) is 1. The van der Waals surface area contributed by atoms with Crippen LogP contribution in [0.2, 0.25) is 0 Å². The van der Waals surface area contributed by atoms with Crippen LogP contribution < -0.4 is 15.4 Å². The van der Waals surface area contributed by atoms with Gasteiger partial charge in [-0.15, -0.1) is 0 Å². The number of hydrogen-bond acceptors (Lipinski definition) is 3. The monoisotopic (exact) mass is 246 g/mol. The molecule has 1 saturated carbocycles. The van der Waals surface area contributed by atoms with Gasteiger partial charge in [-0.3, -0.25) is 0 Å². The van der Waals surface area contributed by atoms with Crippen molar-refractivity contribution in [2.75, 3.05) is 30.3 Å². The normalized spacial score (nSPS) is 19.9. The molecule has 0 aromatic heterocycles. The van der Waals surface area contributed by atoms with E-state index in [9.17, 15) is 0 Å². The summed E-state index contributed by atoms with van der Waals surface area (Å²) < 4.78 is 5.97. The SMILES string of the molecule is Nc1ccc(N2CCCCC2)c(OCC2CC2)c1. The molecule has 0 unspecified atom stereocenters. The Bertz CT molecular complexity index is 409. The Balaban J connectivity index is 1.76. The molecule has 1 aromatic rings. The highest BCUT2D eigenvalue weighted by molar-refractivity contribution is 5.64. The molecular formula is C15H22N2O. The van der Waals surface area contributed by atoms with Gasteiger partial charge in [0.25, 0.3) is 0 Å². The Morgan fingerprint density at radius 1 is 1.17 bits per heavy atom. The maximum atomic E-state index is 5.97. The summed E-state index contributed by atoms with van der Waals surface area (Å²) in [6, 6.07) is 6.07. The van der Waals surface area contributed by atoms with Gasteiger partial charge < -0.3 is 15.4 Å². The fraction of sp³-hybridized carbons (Fsp3) is 0.600.